The Labute approximate surface area is 121 Å². The van der Waals surface area contributed by atoms with Gasteiger partial charge in [-0.3, -0.25) is 4.79 Å². The van der Waals surface area contributed by atoms with Crippen molar-refractivity contribution in [1.29, 1.82) is 0 Å². The van der Waals surface area contributed by atoms with Crippen molar-refractivity contribution in [1.82, 2.24) is 4.90 Å². The van der Waals surface area contributed by atoms with E-state index in [1.165, 1.54) is 41.3 Å². The number of carbonyl (C=O) groups excluding carboxylic acids is 1. The first-order valence-corrected chi connectivity index (χ1v) is 6.30. The van der Waals surface area contributed by atoms with Crippen LogP contribution in [0.25, 0.3) is 0 Å². The van der Waals surface area contributed by atoms with Crippen molar-refractivity contribution in [3.63, 3.8) is 0 Å². The molecule has 0 aliphatic carbocycles. The number of aromatic carboxylic acids is 1. The molecule has 0 radical (unpaired) electrons. The molecule has 0 bridgehead atoms. The largest absolute Gasteiger partial charge is 0.478 e. The Morgan fingerprint density at radius 1 is 1.10 bits per heavy atom. The van der Waals surface area contributed by atoms with Crippen LogP contribution in [-0.2, 0) is 6.54 Å². The summed E-state index contributed by atoms with van der Waals surface area (Å²) in [6.07, 6.45) is 0. The van der Waals surface area contributed by atoms with Gasteiger partial charge in [0.25, 0.3) is 5.91 Å². The minimum Gasteiger partial charge on any atom is -0.478 e. The average Bonchev–Trinajstić information content (AvgIpc) is 2.46. The van der Waals surface area contributed by atoms with Crippen LogP contribution in [0.4, 0.5) is 4.39 Å². The predicted octanol–water partition coefficient (Wildman–Crippen LogP) is 2.80. The number of hydrogen-bond acceptors (Lipinski definition) is 2. The summed E-state index contributed by atoms with van der Waals surface area (Å²) in [4.78, 5) is 24.4. The maximum Gasteiger partial charge on any atom is 0.335 e. The van der Waals surface area contributed by atoms with Gasteiger partial charge in [0.15, 0.2) is 0 Å². The second kappa shape index (κ2) is 6.17. The second-order valence-electron chi connectivity index (χ2n) is 4.67. The SMILES string of the molecule is CN(Cc1cccc(F)c1)C(=O)c1ccc(C(=O)O)cc1. The van der Waals surface area contributed by atoms with Crippen LogP contribution in [0.15, 0.2) is 48.5 Å². The van der Waals surface area contributed by atoms with Crippen molar-refractivity contribution >= 4 is 11.9 Å². The van der Waals surface area contributed by atoms with Gasteiger partial charge in [0.2, 0.25) is 0 Å². The highest BCUT2D eigenvalue weighted by atomic mass is 19.1. The highest BCUT2D eigenvalue weighted by Crippen LogP contribution is 2.11. The molecule has 0 saturated carbocycles. The van der Waals surface area contributed by atoms with Crippen molar-refractivity contribution in [3.05, 3.63) is 71.0 Å². The van der Waals surface area contributed by atoms with Gasteiger partial charge in [-0.25, -0.2) is 9.18 Å². The van der Waals surface area contributed by atoms with Crippen molar-refractivity contribution in [2.45, 2.75) is 6.54 Å². The molecule has 0 heterocycles. The summed E-state index contributed by atoms with van der Waals surface area (Å²) >= 11 is 0. The molecule has 5 heteroatoms. The molecule has 0 aliphatic rings. The van der Waals surface area contributed by atoms with Crippen molar-refractivity contribution in [3.8, 4) is 0 Å². The van der Waals surface area contributed by atoms with Crippen LogP contribution >= 0.6 is 0 Å². The normalized spacial score (nSPS) is 10.2. The Kier molecular flexibility index (Phi) is 4.33. The number of halogens is 1. The van der Waals surface area contributed by atoms with E-state index in [2.05, 4.69) is 0 Å². The van der Waals surface area contributed by atoms with E-state index in [1.807, 2.05) is 0 Å². The summed E-state index contributed by atoms with van der Waals surface area (Å²) in [5.74, 6) is -1.64. The third kappa shape index (κ3) is 3.66. The summed E-state index contributed by atoms with van der Waals surface area (Å²) in [5, 5.41) is 8.81. The van der Waals surface area contributed by atoms with E-state index >= 15 is 0 Å². The monoisotopic (exact) mass is 287 g/mol. The highest BCUT2D eigenvalue weighted by molar-refractivity contribution is 5.95. The Morgan fingerprint density at radius 3 is 2.29 bits per heavy atom. The first-order valence-electron chi connectivity index (χ1n) is 6.30. The Balaban J connectivity index is 2.10. The van der Waals surface area contributed by atoms with Gasteiger partial charge >= 0.3 is 5.97 Å². The molecule has 1 N–H and O–H groups in total. The van der Waals surface area contributed by atoms with E-state index < -0.39 is 5.97 Å². The maximum absolute atomic E-state index is 13.1. The number of carboxylic acids is 1. The molecule has 0 unspecified atom stereocenters. The summed E-state index contributed by atoms with van der Waals surface area (Å²) in [6.45, 7) is 0.275. The summed E-state index contributed by atoms with van der Waals surface area (Å²) in [5.41, 5.74) is 1.20. The van der Waals surface area contributed by atoms with Crippen LogP contribution in [0.2, 0.25) is 0 Å². The zero-order valence-corrected chi connectivity index (χ0v) is 11.4. The molecular formula is C16H14FNO3. The fourth-order valence-corrected chi connectivity index (χ4v) is 1.96. The fraction of sp³-hybridized carbons (Fsp3) is 0.125. The first kappa shape index (κ1) is 14.7. The van der Waals surface area contributed by atoms with Crippen LogP contribution in [0.3, 0.4) is 0 Å². The molecular weight excluding hydrogens is 273 g/mol. The summed E-state index contributed by atoms with van der Waals surface area (Å²) < 4.78 is 13.1. The van der Waals surface area contributed by atoms with Gasteiger partial charge in [-0.1, -0.05) is 12.1 Å². The van der Waals surface area contributed by atoms with Crippen LogP contribution < -0.4 is 0 Å². The quantitative estimate of drug-likeness (QED) is 0.940. The molecule has 0 spiro atoms. The van der Waals surface area contributed by atoms with Gasteiger partial charge in [0, 0.05) is 19.2 Å². The lowest BCUT2D eigenvalue weighted by Crippen LogP contribution is -2.26. The average molecular weight is 287 g/mol. The first-order chi connectivity index (χ1) is 9.97. The van der Waals surface area contributed by atoms with Crippen LogP contribution in [0.1, 0.15) is 26.3 Å². The number of hydrogen-bond donors (Lipinski definition) is 1. The van der Waals surface area contributed by atoms with Gasteiger partial charge in [0.05, 0.1) is 5.56 Å². The number of carbonyl (C=O) groups is 2. The minimum atomic E-state index is -1.04. The van der Waals surface area contributed by atoms with Crippen LogP contribution in [0.5, 0.6) is 0 Å². The Morgan fingerprint density at radius 2 is 1.71 bits per heavy atom. The second-order valence-corrected chi connectivity index (χ2v) is 4.67. The zero-order valence-electron chi connectivity index (χ0n) is 11.4. The molecule has 0 atom stereocenters. The maximum atomic E-state index is 13.1. The van der Waals surface area contributed by atoms with Gasteiger partial charge in [-0.05, 0) is 42.0 Å². The van der Waals surface area contributed by atoms with Crippen LogP contribution in [0, 0.1) is 5.82 Å². The fourth-order valence-electron chi connectivity index (χ4n) is 1.96. The Bertz CT molecular complexity index is 667. The molecule has 21 heavy (non-hydrogen) atoms. The lowest BCUT2D eigenvalue weighted by molar-refractivity contribution is 0.0695. The van der Waals surface area contributed by atoms with Gasteiger partial charge in [-0.15, -0.1) is 0 Å². The van der Waals surface area contributed by atoms with E-state index in [0.29, 0.717) is 11.1 Å². The number of nitrogens with zero attached hydrogens (tertiary/aromatic N) is 1. The molecule has 108 valence electrons. The van der Waals surface area contributed by atoms with E-state index in [0.717, 1.165) is 0 Å². The summed E-state index contributed by atoms with van der Waals surface area (Å²) in [7, 11) is 1.61. The number of carboxylic acid groups (broad SMARTS) is 1. The Hall–Kier alpha value is -2.69. The number of amides is 1. The molecule has 0 aliphatic heterocycles. The zero-order chi connectivity index (χ0) is 15.4. The molecule has 1 amide bonds. The van der Waals surface area contributed by atoms with Crippen molar-refractivity contribution in [2.75, 3.05) is 7.05 Å². The van der Waals surface area contributed by atoms with E-state index in [9.17, 15) is 14.0 Å². The molecule has 0 aromatic heterocycles. The van der Waals surface area contributed by atoms with E-state index in [1.54, 1.807) is 19.2 Å². The molecule has 4 nitrogen and oxygen atoms in total. The molecule has 2 aromatic rings. The molecule has 2 rings (SSSR count). The molecule has 0 saturated heterocycles. The van der Waals surface area contributed by atoms with Crippen molar-refractivity contribution < 1.29 is 19.1 Å². The van der Waals surface area contributed by atoms with E-state index in [4.69, 9.17) is 5.11 Å². The minimum absolute atomic E-state index is 0.124. The smallest absolute Gasteiger partial charge is 0.335 e. The predicted molar refractivity (Wildman–Crippen MR) is 75.6 cm³/mol. The van der Waals surface area contributed by atoms with Crippen molar-refractivity contribution in [2.24, 2.45) is 0 Å². The lowest BCUT2D eigenvalue weighted by atomic mass is 10.1. The standard InChI is InChI=1S/C16H14FNO3/c1-18(10-11-3-2-4-14(17)9-11)15(19)12-5-7-13(8-6-12)16(20)21/h2-9H,10H2,1H3,(H,20,21). The highest BCUT2D eigenvalue weighted by Gasteiger charge is 2.13. The molecule has 0 fully saturated rings. The third-order valence-corrected chi connectivity index (χ3v) is 3.03. The van der Waals surface area contributed by atoms with Crippen LogP contribution in [-0.4, -0.2) is 28.9 Å². The third-order valence-electron chi connectivity index (χ3n) is 3.03. The van der Waals surface area contributed by atoms with Gasteiger partial charge in [-0.2, -0.15) is 0 Å². The number of benzene rings is 2. The number of rotatable bonds is 4. The molecule has 2 aromatic carbocycles. The summed E-state index contributed by atoms with van der Waals surface area (Å²) in [6, 6.07) is 11.7. The van der Waals surface area contributed by atoms with Gasteiger partial charge in [0.1, 0.15) is 5.82 Å². The lowest BCUT2D eigenvalue weighted by Gasteiger charge is -2.17. The van der Waals surface area contributed by atoms with E-state index in [-0.39, 0.29) is 23.8 Å². The topological polar surface area (TPSA) is 57.6 Å². The van der Waals surface area contributed by atoms with Gasteiger partial charge < -0.3 is 10.0 Å².